The van der Waals surface area contributed by atoms with Crippen molar-refractivity contribution in [3.05, 3.63) is 58.3 Å². The summed E-state index contributed by atoms with van der Waals surface area (Å²) in [5.41, 5.74) is 4.63. The number of aromatic amines is 1. The summed E-state index contributed by atoms with van der Waals surface area (Å²) in [5.74, 6) is 0.669. The summed E-state index contributed by atoms with van der Waals surface area (Å²) in [6.45, 7) is 5.21. The Labute approximate surface area is 172 Å². The van der Waals surface area contributed by atoms with Gasteiger partial charge in [0.2, 0.25) is 5.91 Å². The number of fused-ring (bicyclic) bond motifs is 4. The third kappa shape index (κ3) is 2.83. The zero-order chi connectivity index (χ0) is 20.8. The van der Waals surface area contributed by atoms with E-state index >= 15 is 0 Å². The smallest absolute Gasteiger partial charge is 0.332 e. The van der Waals surface area contributed by atoms with Crippen molar-refractivity contribution in [2.75, 3.05) is 13.2 Å². The van der Waals surface area contributed by atoms with Gasteiger partial charge in [-0.2, -0.15) is 0 Å². The first-order valence-corrected chi connectivity index (χ1v) is 9.95. The number of benzene rings is 1. The topological polar surface area (TPSA) is 93.1 Å². The summed E-state index contributed by atoms with van der Waals surface area (Å²) < 4.78 is 7.33. The SMILES string of the molecule is CCOc1ccnc2[nH]c(=O)n(-c3ccc4ncc5c(c4c3)CCN(C(C)=O)C5)c12. The van der Waals surface area contributed by atoms with E-state index in [0.717, 1.165) is 28.6 Å². The van der Waals surface area contributed by atoms with Crippen LogP contribution >= 0.6 is 0 Å². The molecule has 8 heteroatoms. The molecule has 1 aromatic carbocycles. The Hall–Kier alpha value is -3.68. The van der Waals surface area contributed by atoms with E-state index in [1.54, 1.807) is 23.8 Å². The normalized spacial score (nSPS) is 13.6. The van der Waals surface area contributed by atoms with Gasteiger partial charge >= 0.3 is 5.69 Å². The molecule has 1 aliphatic heterocycles. The largest absolute Gasteiger partial charge is 0.491 e. The maximum absolute atomic E-state index is 12.8. The lowest BCUT2D eigenvalue weighted by molar-refractivity contribution is -0.129. The fraction of sp³-hybridized carbons (Fsp3) is 0.273. The van der Waals surface area contributed by atoms with E-state index in [2.05, 4.69) is 15.0 Å². The number of hydrogen-bond acceptors (Lipinski definition) is 5. The van der Waals surface area contributed by atoms with Gasteiger partial charge in [0.15, 0.2) is 5.65 Å². The van der Waals surface area contributed by atoms with Gasteiger partial charge in [-0.3, -0.25) is 19.3 Å². The number of amides is 1. The van der Waals surface area contributed by atoms with Crippen molar-refractivity contribution in [1.82, 2.24) is 24.4 Å². The number of nitrogens with one attached hydrogen (secondary N) is 1. The average Bonchev–Trinajstić information content (AvgIpc) is 3.09. The Kier molecular flexibility index (Phi) is 4.27. The highest BCUT2D eigenvalue weighted by atomic mass is 16.5. The molecular weight excluding hydrogens is 382 g/mol. The van der Waals surface area contributed by atoms with Crippen LogP contribution in [0.2, 0.25) is 0 Å². The lowest BCUT2D eigenvalue weighted by atomic mass is 9.96. The second-order valence-electron chi connectivity index (χ2n) is 7.36. The zero-order valence-electron chi connectivity index (χ0n) is 16.8. The number of imidazole rings is 1. The molecule has 1 aliphatic rings. The van der Waals surface area contributed by atoms with Crippen LogP contribution in [0.1, 0.15) is 25.0 Å². The second kappa shape index (κ2) is 6.98. The molecule has 152 valence electrons. The minimum absolute atomic E-state index is 0.0656. The van der Waals surface area contributed by atoms with Crippen LogP contribution in [0.5, 0.6) is 5.75 Å². The molecule has 0 radical (unpaired) electrons. The van der Waals surface area contributed by atoms with Gasteiger partial charge in [-0.05, 0) is 42.7 Å². The van der Waals surface area contributed by atoms with Crippen LogP contribution in [0, 0.1) is 0 Å². The van der Waals surface area contributed by atoms with Gasteiger partial charge in [0.25, 0.3) is 0 Å². The third-order valence-electron chi connectivity index (χ3n) is 5.59. The van der Waals surface area contributed by atoms with Crippen LogP contribution < -0.4 is 10.4 Å². The maximum atomic E-state index is 12.8. The first kappa shape index (κ1) is 18.4. The number of nitrogens with zero attached hydrogens (tertiary/aromatic N) is 4. The van der Waals surface area contributed by atoms with Crippen LogP contribution in [-0.4, -0.2) is 43.5 Å². The molecule has 0 spiro atoms. The minimum atomic E-state index is -0.274. The molecule has 0 fully saturated rings. The molecule has 4 heterocycles. The van der Waals surface area contributed by atoms with Gasteiger partial charge in [-0.25, -0.2) is 9.78 Å². The molecule has 4 aromatic rings. The highest BCUT2D eigenvalue weighted by Gasteiger charge is 2.21. The van der Waals surface area contributed by atoms with E-state index in [1.807, 2.05) is 36.2 Å². The molecule has 0 atom stereocenters. The fourth-order valence-corrected chi connectivity index (χ4v) is 4.17. The van der Waals surface area contributed by atoms with E-state index in [-0.39, 0.29) is 11.6 Å². The molecule has 0 saturated carbocycles. The highest BCUT2D eigenvalue weighted by molar-refractivity contribution is 5.87. The van der Waals surface area contributed by atoms with E-state index < -0.39 is 0 Å². The van der Waals surface area contributed by atoms with Gasteiger partial charge in [-0.15, -0.1) is 0 Å². The van der Waals surface area contributed by atoms with Gasteiger partial charge < -0.3 is 9.64 Å². The number of aromatic nitrogens is 4. The Morgan fingerprint density at radius 2 is 2.13 bits per heavy atom. The van der Waals surface area contributed by atoms with Crippen LogP contribution in [0.4, 0.5) is 0 Å². The summed E-state index contributed by atoms with van der Waals surface area (Å²) in [6, 6.07) is 7.55. The van der Waals surface area contributed by atoms with Gasteiger partial charge in [0.05, 0.1) is 17.8 Å². The molecule has 3 aromatic heterocycles. The van der Waals surface area contributed by atoms with E-state index in [9.17, 15) is 9.59 Å². The number of carbonyl (C=O) groups is 1. The molecule has 1 N–H and O–H groups in total. The fourth-order valence-electron chi connectivity index (χ4n) is 4.17. The van der Waals surface area contributed by atoms with Gasteiger partial charge in [-0.1, -0.05) is 0 Å². The molecule has 0 bridgehead atoms. The highest BCUT2D eigenvalue weighted by Crippen LogP contribution is 2.30. The number of ether oxygens (including phenoxy) is 1. The predicted octanol–water partition coefficient (Wildman–Crippen LogP) is 2.57. The minimum Gasteiger partial charge on any atom is -0.491 e. The molecule has 30 heavy (non-hydrogen) atoms. The van der Waals surface area contributed by atoms with E-state index in [1.165, 1.54) is 5.56 Å². The van der Waals surface area contributed by atoms with Crippen molar-refractivity contribution in [2.45, 2.75) is 26.8 Å². The second-order valence-corrected chi connectivity index (χ2v) is 7.36. The van der Waals surface area contributed by atoms with Gasteiger partial charge in [0, 0.05) is 43.9 Å². The first-order chi connectivity index (χ1) is 14.6. The quantitative estimate of drug-likeness (QED) is 0.568. The van der Waals surface area contributed by atoms with Crippen LogP contribution in [-0.2, 0) is 17.8 Å². The molecule has 5 rings (SSSR count). The lowest BCUT2D eigenvalue weighted by Crippen LogP contribution is -2.34. The van der Waals surface area contributed by atoms with Crippen LogP contribution in [0.15, 0.2) is 41.5 Å². The lowest BCUT2D eigenvalue weighted by Gasteiger charge is -2.28. The van der Waals surface area contributed by atoms with Crippen molar-refractivity contribution in [3.8, 4) is 11.4 Å². The molecule has 8 nitrogen and oxygen atoms in total. The number of pyridine rings is 2. The standard InChI is InChI=1S/C22H21N5O3/c1-3-30-19-6-8-23-21-20(19)27(22(29)25-21)15-4-5-18-17(10-15)16-7-9-26(13(2)28)12-14(16)11-24-18/h4-6,8,10-11H,3,7,9,12H2,1-2H3,(H,23,25,29). The Morgan fingerprint density at radius 1 is 1.27 bits per heavy atom. The van der Waals surface area contributed by atoms with Crippen LogP contribution in [0.25, 0.3) is 27.8 Å². The van der Waals surface area contributed by atoms with Gasteiger partial charge in [0.1, 0.15) is 11.3 Å². The van der Waals surface area contributed by atoms with Crippen molar-refractivity contribution in [3.63, 3.8) is 0 Å². The van der Waals surface area contributed by atoms with Crippen molar-refractivity contribution < 1.29 is 9.53 Å². The molecule has 0 saturated heterocycles. The van der Waals surface area contributed by atoms with E-state index in [4.69, 9.17) is 4.74 Å². The number of rotatable bonds is 3. The zero-order valence-corrected chi connectivity index (χ0v) is 16.8. The molecule has 0 aliphatic carbocycles. The summed E-state index contributed by atoms with van der Waals surface area (Å²) in [6.07, 6.45) is 4.22. The summed E-state index contributed by atoms with van der Waals surface area (Å²) >= 11 is 0. The molecule has 0 unspecified atom stereocenters. The Bertz CT molecular complexity index is 1350. The average molecular weight is 403 g/mol. The Balaban J connectivity index is 1.71. The van der Waals surface area contributed by atoms with Crippen molar-refractivity contribution in [1.29, 1.82) is 0 Å². The number of carbonyl (C=O) groups excluding carboxylic acids is 1. The summed E-state index contributed by atoms with van der Waals surface area (Å²) in [5, 5.41) is 0.997. The number of H-pyrrole nitrogens is 1. The summed E-state index contributed by atoms with van der Waals surface area (Å²) in [7, 11) is 0. The Morgan fingerprint density at radius 3 is 2.93 bits per heavy atom. The first-order valence-electron chi connectivity index (χ1n) is 9.95. The molecule has 1 amide bonds. The van der Waals surface area contributed by atoms with Crippen LogP contribution in [0.3, 0.4) is 0 Å². The maximum Gasteiger partial charge on any atom is 0.332 e. The third-order valence-corrected chi connectivity index (χ3v) is 5.59. The monoisotopic (exact) mass is 403 g/mol. The van der Waals surface area contributed by atoms with E-state index in [0.29, 0.717) is 36.6 Å². The molecular formula is C22H21N5O3. The predicted molar refractivity (Wildman–Crippen MR) is 113 cm³/mol. The van der Waals surface area contributed by atoms with Crippen molar-refractivity contribution in [2.24, 2.45) is 0 Å². The van der Waals surface area contributed by atoms with Crippen molar-refractivity contribution >= 4 is 28.0 Å². The summed E-state index contributed by atoms with van der Waals surface area (Å²) in [4.78, 5) is 38.1. The number of hydrogen-bond donors (Lipinski definition) is 1.